The standard InChI is InChI=1S/C19H24N2O3/c22-18(9-12-20-11-8-15-5-1-2-6-16(15)20)21-10-4-3-7-17(21)19-23-13-14-24-19/h1-2,5-6,8,11,17,19H,3-4,7,9-10,12-14H2/t17-/m0/s1. The minimum atomic E-state index is -0.235. The van der Waals surface area contributed by atoms with Gasteiger partial charge in [0.15, 0.2) is 6.29 Å². The molecule has 0 saturated carbocycles. The van der Waals surface area contributed by atoms with E-state index in [0.29, 0.717) is 26.2 Å². The molecular weight excluding hydrogens is 304 g/mol. The van der Waals surface area contributed by atoms with Crippen LogP contribution in [-0.2, 0) is 20.8 Å². The van der Waals surface area contributed by atoms with Crippen LogP contribution in [0.15, 0.2) is 36.5 Å². The monoisotopic (exact) mass is 328 g/mol. The summed E-state index contributed by atoms with van der Waals surface area (Å²) in [6, 6.07) is 10.5. The van der Waals surface area contributed by atoms with Crippen LogP contribution in [0.4, 0.5) is 0 Å². The van der Waals surface area contributed by atoms with Crippen molar-refractivity contribution in [1.29, 1.82) is 0 Å². The van der Waals surface area contributed by atoms with Crippen LogP contribution >= 0.6 is 0 Å². The average Bonchev–Trinajstić information content (AvgIpc) is 3.30. The lowest BCUT2D eigenvalue weighted by Crippen LogP contribution is -2.50. The number of aromatic nitrogens is 1. The molecule has 2 aliphatic rings. The molecule has 4 rings (SSSR count). The summed E-state index contributed by atoms with van der Waals surface area (Å²) in [5.74, 6) is 0.205. The summed E-state index contributed by atoms with van der Waals surface area (Å²) < 4.78 is 13.5. The summed E-state index contributed by atoms with van der Waals surface area (Å²) in [6.07, 6.45) is 5.53. The summed E-state index contributed by atoms with van der Waals surface area (Å²) >= 11 is 0. The largest absolute Gasteiger partial charge is 0.348 e. The smallest absolute Gasteiger partial charge is 0.224 e. The highest BCUT2D eigenvalue weighted by atomic mass is 16.7. The van der Waals surface area contributed by atoms with Crippen LogP contribution in [0.1, 0.15) is 25.7 Å². The van der Waals surface area contributed by atoms with E-state index in [1.54, 1.807) is 0 Å². The molecule has 2 aliphatic heterocycles. The van der Waals surface area contributed by atoms with Gasteiger partial charge in [-0.2, -0.15) is 0 Å². The molecule has 0 N–H and O–H groups in total. The van der Waals surface area contributed by atoms with Gasteiger partial charge in [-0.25, -0.2) is 0 Å². The number of hydrogen-bond acceptors (Lipinski definition) is 3. The van der Waals surface area contributed by atoms with Crippen molar-refractivity contribution in [3.05, 3.63) is 36.5 Å². The van der Waals surface area contributed by atoms with Crippen LogP contribution in [0, 0.1) is 0 Å². The van der Waals surface area contributed by atoms with E-state index in [2.05, 4.69) is 29.0 Å². The molecule has 128 valence electrons. The molecule has 1 amide bonds. The number of carbonyl (C=O) groups excluding carboxylic acids is 1. The molecule has 0 radical (unpaired) electrons. The molecule has 1 atom stereocenters. The zero-order valence-electron chi connectivity index (χ0n) is 13.9. The summed E-state index contributed by atoms with van der Waals surface area (Å²) in [5, 5.41) is 1.22. The van der Waals surface area contributed by atoms with Gasteiger partial charge < -0.3 is 18.9 Å². The number of para-hydroxylation sites is 1. The number of hydrogen-bond donors (Lipinski definition) is 0. The van der Waals surface area contributed by atoms with Crippen LogP contribution in [0.2, 0.25) is 0 Å². The molecule has 2 saturated heterocycles. The summed E-state index contributed by atoms with van der Waals surface area (Å²) in [4.78, 5) is 14.8. The molecular formula is C19H24N2O3. The number of carbonyl (C=O) groups is 1. The van der Waals surface area contributed by atoms with Gasteiger partial charge in [0.25, 0.3) is 0 Å². The second-order valence-corrected chi connectivity index (χ2v) is 6.58. The Balaban J connectivity index is 1.42. The van der Waals surface area contributed by atoms with Crippen LogP contribution in [0.5, 0.6) is 0 Å². The zero-order chi connectivity index (χ0) is 16.4. The van der Waals surface area contributed by atoms with Crippen molar-refractivity contribution in [2.75, 3.05) is 19.8 Å². The van der Waals surface area contributed by atoms with E-state index < -0.39 is 0 Å². The predicted octanol–water partition coefficient (Wildman–Crippen LogP) is 2.79. The Kier molecular flexibility index (Phi) is 4.54. The molecule has 0 spiro atoms. The van der Waals surface area contributed by atoms with Gasteiger partial charge in [0.1, 0.15) is 0 Å². The minimum absolute atomic E-state index is 0.0788. The van der Waals surface area contributed by atoms with Gasteiger partial charge in [-0.1, -0.05) is 18.2 Å². The van der Waals surface area contributed by atoms with Gasteiger partial charge in [-0.3, -0.25) is 4.79 Å². The van der Waals surface area contributed by atoms with Crippen molar-refractivity contribution >= 4 is 16.8 Å². The van der Waals surface area contributed by atoms with E-state index in [1.807, 2.05) is 17.0 Å². The van der Waals surface area contributed by atoms with Crippen LogP contribution in [0.25, 0.3) is 10.9 Å². The molecule has 2 fully saturated rings. The Hall–Kier alpha value is -1.85. The number of likely N-dealkylation sites (tertiary alicyclic amines) is 1. The van der Waals surface area contributed by atoms with Crippen molar-refractivity contribution in [3.8, 4) is 0 Å². The third-order valence-electron chi connectivity index (χ3n) is 5.08. The third-order valence-corrected chi connectivity index (χ3v) is 5.08. The average molecular weight is 328 g/mol. The fourth-order valence-corrected chi connectivity index (χ4v) is 3.84. The normalized spacial score (nSPS) is 22.3. The highest BCUT2D eigenvalue weighted by molar-refractivity contribution is 5.80. The Morgan fingerprint density at radius 2 is 1.96 bits per heavy atom. The number of amides is 1. The number of fused-ring (bicyclic) bond motifs is 1. The van der Waals surface area contributed by atoms with Crippen molar-refractivity contribution in [3.63, 3.8) is 0 Å². The molecule has 0 bridgehead atoms. The van der Waals surface area contributed by atoms with Crippen molar-refractivity contribution in [2.24, 2.45) is 0 Å². The van der Waals surface area contributed by atoms with E-state index in [0.717, 1.165) is 25.8 Å². The van der Waals surface area contributed by atoms with Crippen molar-refractivity contribution in [1.82, 2.24) is 9.47 Å². The lowest BCUT2D eigenvalue weighted by atomic mass is 10.0. The lowest BCUT2D eigenvalue weighted by molar-refractivity contribution is -0.150. The lowest BCUT2D eigenvalue weighted by Gasteiger charge is -2.38. The number of rotatable bonds is 4. The first-order valence-corrected chi connectivity index (χ1v) is 8.89. The molecule has 5 heteroatoms. The SMILES string of the molecule is O=C(CCn1ccc2ccccc21)N1CCCC[C@H]1C1OCCO1. The quantitative estimate of drug-likeness (QED) is 0.867. The molecule has 2 aromatic rings. The number of nitrogens with zero attached hydrogens (tertiary/aromatic N) is 2. The predicted molar refractivity (Wildman–Crippen MR) is 91.6 cm³/mol. The Bertz CT molecular complexity index is 705. The molecule has 24 heavy (non-hydrogen) atoms. The first-order valence-electron chi connectivity index (χ1n) is 8.89. The molecule has 1 aromatic carbocycles. The van der Waals surface area contributed by atoms with Crippen LogP contribution < -0.4 is 0 Å². The van der Waals surface area contributed by atoms with Crippen molar-refractivity contribution < 1.29 is 14.3 Å². The van der Waals surface area contributed by atoms with Gasteiger partial charge in [0, 0.05) is 31.2 Å². The Morgan fingerprint density at radius 1 is 1.12 bits per heavy atom. The number of piperidine rings is 1. The maximum absolute atomic E-state index is 12.8. The van der Waals surface area contributed by atoms with E-state index in [1.165, 1.54) is 10.9 Å². The summed E-state index contributed by atoms with van der Waals surface area (Å²) in [7, 11) is 0. The number of aryl methyl sites for hydroxylation is 1. The first-order chi connectivity index (χ1) is 11.8. The molecule has 0 unspecified atom stereocenters. The highest BCUT2D eigenvalue weighted by Crippen LogP contribution is 2.25. The number of benzene rings is 1. The molecule has 3 heterocycles. The maximum atomic E-state index is 12.8. The molecule has 5 nitrogen and oxygen atoms in total. The Labute approximate surface area is 142 Å². The fourth-order valence-electron chi connectivity index (χ4n) is 3.84. The minimum Gasteiger partial charge on any atom is -0.348 e. The van der Waals surface area contributed by atoms with E-state index in [-0.39, 0.29) is 18.2 Å². The first kappa shape index (κ1) is 15.7. The molecule has 1 aromatic heterocycles. The zero-order valence-corrected chi connectivity index (χ0v) is 13.9. The van der Waals surface area contributed by atoms with E-state index in [9.17, 15) is 4.79 Å². The van der Waals surface area contributed by atoms with Crippen LogP contribution in [-0.4, -0.2) is 47.5 Å². The van der Waals surface area contributed by atoms with Gasteiger partial charge in [0.2, 0.25) is 5.91 Å². The summed E-state index contributed by atoms with van der Waals surface area (Å²) in [5.41, 5.74) is 1.18. The third kappa shape index (κ3) is 3.06. The second kappa shape index (κ2) is 6.95. The molecule has 0 aliphatic carbocycles. The van der Waals surface area contributed by atoms with E-state index >= 15 is 0 Å². The fraction of sp³-hybridized carbons (Fsp3) is 0.526. The van der Waals surface area contributed by atoms with E-state index in [4.69, 9.17) is 9.47 Å². The second-order valence-electron chi connectivity index (χ2n) is 6.58. The van der Waals surface area contributed by atoms with Crippen LogP contribution in [0.3, 0.4) is 0 Å². The van der Waals surface area contributed by atoms with Gasteiger partial charge in [-0.15, -0.1) is 0 Å². The van der Waals surface area contributed by atoms with Gasteiger partial charge in [-0.05, 0) is 36.8 Å². The Morgan fingerprint density at radius 3 is 2.83 bits per heavy atom. The van der Waals surface area contributed by atoms with Gasteiger partial charge in [0.05, 0.1) is 19.3 Å². The van der Waals surface area contributed by atoms with Crippen molar-refractivity contribution in [2.45, 2.75) is 44.6 Å². The highest BCUT2D eigenvalue weighted by Gasteiger charge is 2.35. The summed E-state index contributed by atoms with van der Waals surface area (Å²) in [6.45, 7) is 2.80. The topological polar surface area (TPSA) is 43.7 Å². The number of ether oxygens (including phenoxy) is 2. The maximum Gasteiger partial charge on any atom is 0.224 e. The van der Waals surface area contributed by atoms with Gasteiger partial charge >= 0.3 is 0 Å².